The molecule has 1 aromatic carbocycles. The number of aromatic nitrogens is 3. The normalized spacial score (nSPS) is 10.4. The fourth-order valence-corrected chi connectivity index (χ4v) is 3.41. The Hall–Kier alpha value is -2.25. The summed E-state index contributed by atoms with van der Waals surface area (Å²) in [5.74, 6) is 0.593. The third kappa shape index (κ3) is 3.90. The van der Waals surface area contributed by atoms with Gasteiger partial charge in [-0.2, -0.15) is 0 Å². The molecule has 0 spiro atoms. The van der Waals surface area contributed by atoms with Gasteiger partial charge in [-0.3, -0.25) is 15.1 Å². The van der Waals surface area contributed by atoms with E-state index >= 15 is 0 Å². The number of carbonyl (C=O) groups excluding carboxylic acids is 1. The average molecular weight is 328 g/mol. The molecular formula is C15H12N4OS2. The Morgan fingerprint density at radius 1 is 1.14 bits per heavy atom. The van der Waals surface area contributed by atoms with Gasteiger partial charge in [-0.05, 0) is 17.7 Å². The summed E-state index contributed by atoms with van der Waals surface area (Å²) < 4.78 is 0.824. The Morgan fingerprint density at radius 3 is 2.77 bits per heavy atom. The van der Waals surface area contributed by atoms with Crippen molar-refractivity contribution in [3.8, 4) is 0 Å². The Morgan fingerprint density at radius 2 is 2.00 bits per heavy atom. The number of hydrogen-bond acceptors (Lipinski definition) is 6. The number of benzene rings is 1. The lowest BCUT2D eigenvalue weighted by Gasteiger charge is -1.99. The highest BCUT2D eigenvalue weighted by Gasteiger charge is 2.10. The predicted molar refractivity (Wildman–Crippen MR) is 88.1 cm³/mol. The van der Waals surface area contributed by atoms with Gasteiger partial charge in [0, 0.05) is 18.1 Å². The maximum atomic E-state index is 12.0. The van der Waals surface area contributed by atoms with E-state index in [-0.39, 0.29) is 5.91 Å². The van der Waals surface area contributed by atoms with Crippen LogP contribution in [0.5, 0.6) is 0 Å². The minimum absolute atomic E-state index is 0.233. The largest absolute Gasteiger partial charge is 0.296 e. The van der Waals surface area contributed by atoms with Gasteiger partial charge in [-0.15, -0.1) is 10.2 Å². The Bertz CT molecular complexity index is 747. The number of nitrogens with zero attached hydrogens (tertiary/aromatic N) is 3. The molecule has 3 rings (SSSR count). The number of amides is 1. The van der Waals surface area contributed by atoms with Crippen LogP contribution in [0.3, 0.4) is 0 Å². The van der Waals surface area contributed by atoms with Crippen LogP contribution < -0.4 is 5.32 Å². The van der Waals surface area contributed by atoms with Gasteiger partial charge in [0.25, 0.3) is 5.91 Å². The van der Waals surface area contributed by atoms with Crippen molar-refractivity contribution < 1.29 is 4.79 Å². The SMILES string of the molecule is O=C(Nc1nnc(SCc2ccccc2)s1)c1cccnc1. The summed E-state index contributed by atoms with van der Waals surface area (Å²) >= 11 is 2.96. The molecule has 22 heavy (non-hydrogen) atoms. The average Bonchev–Trinajstić information content (AvgIpc) is 3.02. The molecule has 0 aliphatic carbocycles. The summed E-state index contributed by atoms with van der Waals surface area (Å²) in [6.07, 6.45) is 3.14. The molecular weight excluding hydrogens is 316 g/mol. The molecule has 2 aromatic heterocycles. The summed E-state index contributed by atoms with van der Waals surface area (Å²) in [4.78, 5) is 15.9. The second kappa shape index (κ2) is 7.15. The van der Waals surface area contributed by atoms with Crippen LogP contribution in [0.15, 0.2) is 59.2 Å². The molecule has 2 heterocycles. The minimum atomic E-state index is -0.233. The summed E-state index contributed by atoms with van der Waals surface area (Å²) in [6.45, 7) is 0. The highest BCUT2D eigenvalue weighted by atomic mass is 32.2. The Balaban J connectivity index is 1.58. The van der Waals surface area contributed by atoms with Crippen molar-refractivity contribution in [3.05, 3.63) is 66.0 Å². The summed E-state index contributed by atoms with van der Waals surface area (Å²) in [5, 5.41) is 11.3. The topological polar surface area (TPSA) is 67.8 Å². The first-order valence-corrected chi connectivity index (χ1v) is 8.33. The van der Waals surface area contributed by atoms with Crippen LogP contribution in [0, 0.1) is 0 Å². The first kappa shape index (κ1) is 14.7. The van der Waals surface area contributed by atoms with E-state index in [0.29, 0.717) is 10.7 Å². The monoisotopic (exact) mass is 328 g/mol. The molecule has 0 unspecified atom stereocenters. The van der Waals surface area contributed by atoms with Crippen LogP contribution in [-0.4, -0.2) is 21.1 Å². The third-order valence-electron chi connectivity index (χ3n) is 2.76. The molecule has 0 radical (unpaired) electrons. The van der Waals surface area contributed by atoms with E-state index < -0.39 is 0 Å². The van der Waals surface area contributed by atoms with Gasteiger partial charge in [0.05, 0.1) is 5.56 Å². The number of pyridine rings is 1. The number of nitrogens with one attached hydrogen (secondary N) is 1. The molecule has 110 valence electrons. The molecule has 0 saturated carbocycles. The highest BCUT2D eigenvalue weighted by Crippen LogP contribution is 2.28. The quantitative estimate of drug-likeness (QED) is 0.574. The molecule has 0 fully saturated rings. The molecule has 0 aliphatic heterocycles. The van der Waals surface area contributed by atoms with Crippen LogP contribution >= 0.6 is 23.1 Å². The zero-order valence-corrected chi connectivity index (χ0v) is 13.1. The van der Waals surface area contributed by atoms with E-state index in [1.54, 1.807) is 30.1 Å². The fraction of sp³-hybridized carbons (Fsp3) is 0.0667. The van der Waals surface area contributed by atoms with Gasteiger partial charge in [0.1, 0.15) is 0 Å². The zero-order chi connectivity index (χ0) is 15.2. The van der Waals surface area contributed by atoms with Crippen LogP contribution in [0.4, 0.5) is 5.13 Å². The van der Waals surface area contributed by atoms with Crippen molar-refractivity contribution in [1.29, 1.82) is 0 Å². The van der Waals surface area contributed by atoms with Gasteiger partial charge in [0.15, 0.2) is 4.34 Å². The predicted octanol–water partition coefficient (Wildman–Crippen LogP) is 3.48. The van der Waals surface area contributed by atoms with Crippen molar-refractivity contribution in [2.24, 2.45) is 0 Å². The molecule has 0 atom stereocenters. The third-order valence-corrected chi connectivity index (χ3v) is 4.80. The van der Waals surface area contributed by atoms with Crippen LogP contribution in [-0.2, 0) is 5.75 Å². The smallest absolute Gasteiger partial charge is 0.259 e. The lowest BCUT2D eigenvalue weighted by Crippen LogP contribution is -2.11. The molecule has 3 aromatic rings. The second-order valence-corrected chi connectivity index (χ2v) is 6.54. The van der Waals surface area contributed by atoms with Gasteiger partial charge >= 0.3 is 0 Å². The lowest BCUT2D eigenvalue weighted by atomic mass is 10.2. The molecule has 0 bridgehead atoms. The molecule has 7 heteroatoms. The van der Waals surface area contributed by atoms with E-state index in [9.17, 15) is 4.79 Å². The number of thioether (sulfide) groups is 1. The number of rotatable bonds is 5. The van der Waals surface area contributed by atoms with E-state index in [1.807, 2.05) is 18.2 Å². The van der Waals surface area contributed by atoms with E-state index in [2.05, 4.69) is 32.6 Å². The maximum Gasteiger partial charge on any atom is 0.259 e. The summed E-state index contributed by atoms with van der Waals surface area (Å²) in [6, 6.07) is 13.6. The number of carbonyl (C=O) groups is 1. The minimum Gasteiger partial charge on any atom is -0.296 e. The molecule has 1 amide bonds. The van der Waals surface area contributed by atoms with Crippen molar-refractivity contribution in [2.75, 3.05) is 5.32 Å². The van der Waals surface area contributed by atoms with Crippen LogP contribution in [0.1, 0.15) is 15.9 Å². The van der Waals surface area contributed by atoms with Crippen molar-refractivity contribution in [2.45, 2.75) is 10.1 Å². The van der Waals surface area contributed by atoms with Crippen molar-refractivity contribution in [1.82, 2.24) is 15.2 Å². The Labute approximate surface area is 135 Å². The second-order valence-electron chi connectivity index (χ2n) is 4.34. The highest BCUT2D eigenvalue weighted by molar-refractivity contribution is 8.00. The maximum absolute atomic E-state index is 12.0. The molecule has 1 N–H and O–H groups in total. The standard InChI is InChI=1S/C15H12N4OS2/c20-13(12-7-4-8-16-9-12)17-14-18-19-15(22-14)21-10-11-5-2-1-3-6-11/h1-9H,10H2,(H,17,18,20). The molecule has 0 saturated heterocycles. The number of hydrogen-bond donors (Lipinski definition) is 1. The molecule has 0 aliphatic rings. The van der Waals surface area contributed by atoms with Crippen molar-refractivity contribution in [3.63, 3.8) is 0 Å². The first-order chi connectivity index (χ1) is 10.8. The van der Waals surface area contributed by atoms with Crippen LogP contribution in [0.2, 0.25) is 0 Å². The zero-order valence-electron chi connectivity index (χ0n) is 11.5. The van der Waals surface area contributed by atoms with Gasteiger partial charge < -0.3 is 0 Å². The van der Waals surface area contributed by atoms with E-state index in [4.69, 9.17) is 0 Å². The first-order valence-electron chi connectivity index (χ1n) is 6.53. The van der Waals surface area contributed by atoms with Gasteiger partial charge in [-0.1, -0.05) is 53.4 Å². The summed E-state index contributed by atoms with van der Waals surface area (Å²) in [7, 11) is 0. The fourth-order valence-electron chi connectivity index (χ4n) is 1.70. The summed E-state index contributed by atoms with van der Waals surface area (Å²) in [5.41, 5.74) is 1.72. The number of anilines is 1. The van der Waals surface area contributed by atoms with E-state index in [0.717, 1.165) is 10.1 Å². The van der Waals surface area contributed by atoms with Gasteiger partial charge in [0.2, 0.25) is 5.13 Å². The van der Waals surface area contributed by atoms with E-state index in [1.165, 1.54) is 23.1 Å². The van der Waals surface area contributed by atoms with Gasteiger partial charge in [-0.25, -0.2) is 0 Å². The van der Waals surface area contributed by atoms with Crippen molar-refractivity contribution >= 4 is 34.1 Å². The lowest BCUT2D eigenvalue weighted by molar-refractivity contribution is 0.102. The van der Waals surface area contributed by atoms with Crippen LogP contribution in [0.25, 0.3) is 0 Å². The molecule has 5 nitrogen and oxygen atoms in total. The Kier molecular flexibility index (Phi) is 4.77.